The monoisotopic (exact) mass is 403 g/mol. The summed E-state index contributed by atoms with van der Waals surface area (Å²) in [6.07, 6.45) is 13.2. The minimum atomic E-state index is -0.0259. The number of anilines is 2. The lowest BCUT2D eigenvalue weighted by Crippen LogP contribution is -2.39. The van der Waals surface area contributed by atoms with Gasteiger partial charge in [-0.15, -0.1) is 0 Å². The van der Waals surface area contributed by atoms with Gasteiger partial charge in [0.15, 0.2) is 5.82 Å². The summed E-state index contributed by atoms with van der Waals surface area (Å²) in [6, 6.07) is 7.81. The molecule has 2 aliphatic rings. The van der Waals surface area contributed by atoms with E-state index in [1.165, 1.54) is 0 Å². The standard InChI is InChI=1S/C22H25N7O/c1-2-9-23-19(4-1)29-15-22(30-16-29)7-5-17(6-8-22)12-26-21-27-13-18(14-28-21)20-24-10-3-11-25-20/h1-4,9-11,13-14,17H,5-8,12,15-16H2,(H,26,27,28). The summed E-state index contributed by atoms with van der Waals surface area (Å²) in [5.74, 6) is 2.88. The van der Waals surface area contributed by atoms with Gasteiger partial charge >= 0.3 is 0 Å². The fourth-order valence-electron chi connectivity index (χ4n) is 4.27. The highest BCUT2D eigenvalue weighted by Gasteiger charge is 2.42. The first kappa shape index (κ1) is 18.9. The van der Waals surface area contributed by atoms with Gasteiger partial charge in [0, 0.05) is 37.5 Å². The summed E-state index contributed by atoms with van der Waals surface area (Å²) in [5.41, 5.74) is 0.790. The Balaban J connectivity index is 1.11. The lowest BCUT2D eigenvalue weighted by atomic mass is 9.78. The zero-order chi connectivity index (χ0) is 20.2. The van der Waals surface area contributed by atoms with Crippen molar-refractivity contribution in [3.63, 3.8) is 0 Å². The molecule has 0 radical (unpaired) electrons. The van der Waals surface area contributed by atoms with Crippen molar-refractivity contribution in [2.75, 3.05) is 30.0 Å². The normalized spacial score (nSPS) is 23.6. The van der Waals surface area contributed by atoms with Crippen molar-refractivity contribution in [2.45, 2.75) is 31.3 Å². The molecule has 5 rings (SSSR count). The second-order valence-corrected chi connectivity index (χ2v) is 8.03. The molecule has 4 heterocycles. The Hall–Kier alpha value is -3.13. The van der Waals surface area contributed by atoms with E-state index in [0.29, 0.717) is 24.4 Å². The predicted octanol–water partition coefficient (Wildman–Crippen LogP) is 3.16. The fraction of sp³-hybridized carbons (Fsp3) is 0.409. The molecular weight excluding hydrogens is 378 g/mol. The molecule has 1 N–H and O–H groups in total. The lowest BCUT2D eigenvalue weighted by molar-refractivity contribution is -0.0258. The summed E-state index contributed by atoms with van der Waals surface area (Å²) in [4.78, 5) is 24.0. The molecule has 0 bridgehead atoms. The summed E-state index contributed by atoms with van der Waals surface area (Å²) in [6.45, 7) is 2.43. The molecular formula is C22H25N7O. The van der Waals surface area contributed by atoms with Crippen LogP contribution < -0.4 is 10.2 Å². The quantitative estimate of drug-likeness (QED) is 0.695. The maximum atomic E-state index is 6.24. The van der Waals surface area contributed by atoms with Crippen molar-refractivity contribution in [1.82, 2.24) is 24.9 Å². The lowest BCUT2D eigenvalue weighted by Gasteiger charge is -2.36. The summed E-state index contributed by atoms with van der Waals surface area (Å²) < 4.78 is 6.24. The van der Waals surface area contributed by atoms with Crippen LogP contribution >= 0.6 is 0 Å². The number of hydrogen-bond acceptors (Lipinski definition) is 8. The maximum absolute atomic E-state index is 6.24. The van der Waals surface area contributed by atoms with E-state index in [4.69, 9.17) is 4.74 Å². The van der Waals surface area contributed by atoms with Crippen LogP contribution in [0.25, 0.3) is 11.4 Å². The first-order valence-electron chi connectivity index (χ1n) is 10.4. The first-order chi connectivity index (χ1) is 14.8. The van der Waals surface area contributed by atoms with E-state index in [1.807, 2.05) is 24.4 Å². The molecule has 1 spiro atoms. The van der Waals surface area contributed by atoms with Crippen LogP contribution in [0.1, 0.15) is 25.7 Å². The maximum Gasteiger partial charge on any atom is 0.222 e. The first-order valence-corrected chi connectivity index (χ1v) is 10.4. The van der Waals surface area contributed by atoms with E-state index in [1.54, 1.807) is 30.9 Å². The molecule has 3 aromatic heterocycles. The zero-order valence-electron chi connectivity index (χ0n) is 16.8. The molecule has 8 nitrogen and oxygen atoms in total. The predicted molar refractivity (Wildman–Crippen MR) is 114 cm³/mol. The number of nitrogens with zero attached hydrogens (tertiary/aromatic N) is 6. The molecule has 3 aromatic rings. The van der Waals surface area contributed by atoms with Gasteiger partial charge in [0.1, 0.15) is 12.5 Å². The molecule has 0 aromatic carbocycles. The minimum absolute atomic E-state index is 0.0259. The third kappa shape index (κ3) is 4.09. The molecule has 154 valence electrons. The van der Waals surface area contributed by atoms with Gasteiger partial charge in [0.25, 0.3) is 0 Å². The molecule has 1 saturated heterocycles. The van der Waals surface area contributed by atoms with Crippen LogP contribution in [0.15, 0.2) is 55.2 Å². The Morgan fingerprint density at radius 2 is 1.73 bits per heavy atom. The number of aromatic nitrogens is 5. The third-order valence-electron chi connectivity index (χ3n) is 6.02. The van der Waals surface area contributed by atoms with Gasteiger partial charge in [-0.3, -0.25) is 0 Å². The van der Waals surface area contributed by atoms with E-state index < -0.39 is 0 Å². The van der Waals surface area contributed by atoms with Crippen LogP contribution in [0.4, 0.5) is 11.8 Å². The van der Waals surface area contributed by atoms with Crippen LogP contribution in [0.5, 0.6) is 0 Å². The molecule has 0 atom stereocenters. The number of nitrogens with one attached hydrogen (secondary N) is 1. The number of pyridine rings is 1. The molecule has 1 aliphatic carbocycles. The van der Waals surface area contributed by atoms with E-state index in [0.717, 1.165) is 50.2 Å². The molecule has 1 saturated carbocycles. The topological polar surface area (TPSA) is 89.0 Å². The van der Waals surface area contributed by atoms with Gasteiger partial charge in [0.2, 0.25) is 5.95 Å². The van der Waals surface area contributed by atoms with E-state index >= 15 is 0 Å². The van der Waals surface area contributed by atoms with Gasteiger partial charge < -0.3 is 15.0 Å². The minimum Gasteiger partial charge on any atom is -0.354 e. The average molecular weight is 403 g/mol. The number of rotatable bonds is 5. The highest BCUT2D eigenvalue weighted by atomic mass is 16.5. The SMILES string of the molecule is c1ccc(N2COC3(CCC(CNc4ncc(-c5ncccn5)cn4)CC3)C2)nc1. The Morgan fingerprint density at radius 3 is 2.47 bits per heavy atom. The van der Waals surface area contributed by atoms with Crippen LogP contribution in [-0.4, -0.2) is 50.3 Å². The Bertz CT molecular complexity index is 944. The zero-order valence-corrected chi connectivity index (χ0v) is 16.8. The van der Waals surface area contributed by atoms with E-state index in [-0.39, 0.29) is 5.60 Å². The summed E-state index contributed by atoms with van der Waals surface area (Å²) >= 11 is 0. The van der Waals surface area contributed by atoms with Gasteiger partial charge in [-0.05, 0) is 49.8 Å². The molecule has 0 amide bonds. The summed E-state index contributed by atoms with van der Waals surface area (Å²) in [7, 11) is 0. The highest BCUT2D eigenvalue weighted by molar-refractivity contribution is 5.52. The van der Waals surface area contributed by atoms with Crippen molar-refractivity contribution >= 4 is 11.8 Å². The molecule has 30 heavy (non-hydrogen) atoms. The van der Waals surface area contributed by atoms with E-state index in [9.17, 15) is 0 Å². The Morgan fingerprint density at radius 1 is 0.967 bits per heavy atom. The van der Waals surface area contributed by atoms with Crippen LogP contribution in [0, 0.1) is 5.92 Å². The second-order valence-electron chi connectivity index (χ2n) is 8.03. The van der Waals surface area contributed by atoms with Crippen LogP contribution in [-0.2, 0) is 4.74 Å². The highest BCUT2D eigenvalue weighted by Crippen LogP contribution is 2.39. The van der Waals surface area contributed by atoms with Crippen molar-refractivity contribution < 1.29 is 4.74 Å². The van der Waals surface area contributed by atoms with Gasteiger partial charge in [-0.1, -0.05) is 6.07 Å². The second kappa shape index (κ2) is 8.31. The van der Waals surface area contributed by atoms with Gasteiger partial charge in [-0.25, -0.2) is 24.9 Å². The van der Waals surface area contributed by atoms with Gasteiger partial charge in [-0.2, -0.15) is 0 Å². The van der Waals surface area contributed by atoms with Crippen LogP contribution in [0.3, 0.4) is 0 Å². The smallest absolute Gasteiger partial charge is 0.222 e. The third-order valence-corrected chi connectivity index (χ3v) is 6.02. The van der Waals surface area contributed by atoms with Crippen molar-refractivity contribution in [3.05, 3.63) is 55.2 Å². The van der Waals surface area contributed by atoms with E-state index in [2.05, 4.69) is 35.1 Å². The molecule has 1 aliphatic heterocycles. The van der Waals surface area contributed by atoms with Gasteiger partial charge in [0.05, 0.1) is 17.7 Å². The van der Waals surface area contributed by atoms with Crippen molar-refractivity contribution in [2.24, 2.45) is 5.92 Å². The van der Waals surface area contributed by atoms with Crippen LogP contribution in [0.2, 0.25) is 0 Å². The van der Waals surface area contributed by atoms with Crippen molar-refractivity contribution in [3.8, 4) is 11.4 Å². The number of hydrogen-bond donors (Lipinski definition) is 1. The fourth-order valence-corrected chi connectivity index (χ4v) is 4.27. The Labute approximate surface area is 175 Å². The van der Waals surface area contributed by atoms with Crippen molar-refractivity contribution in [1.29, 1.82) is 0 Å². The number of ether oxygens (including phenoxy) is 1. The average Bonchev–Trinajstić information content (AvgIpc) is 3.24. The molecule has 8 heteroatoms. The summed E-state index contributed by atoms with van der Waals surface area (Å²) in [5, 5.41) is 3.38. The molecule has 2 fully saturated rings. The molecule has 0 unspecified atom stereocenters. The Kier molecular flexibility index (Phi) is 5.23. The largest absolute Gasteiger partial charge is 0.354 e.